The fraction of sp³-hybridized carbons (Fsp3) is 0.389. The molecule has 1 fully saturated rings. The van der Waals surface area contributed by atoms with Gasteiger partial charge in [-0.3, -0.25) is 14.7 Å². The van der Waals surface area contributed by atoms with E-state index in [0.29, 0.717) is 48.7 Å². The minimum atomic E-state index is -0.746. The molecule has 1 heterocycles. The van der Waals surface area contributed by atoms with Crippen LogP contribution >= 0.6 is 12.4 Å². The number of ether oxygens (including phenoxy) is 1. The number of nitrogens with zero attached hydrogens (tertiary/aromatic N) is 2. The summed E-state index contributed by atoms with van der Waals surface area (Å²) < 4.78 is 5.11. The normalized spacial score (nSPS) is 16.8. The largest absolute Gasteiger partial charge is 0.377 e. The molecule has 5 rings (SSSR count). The van der Waals surface area contributed by atoms with Crippen LogP contribution in [0, 0.1) is 11.8 Å². The zero-order valence-corrected chi connectivity index (χ0v) is 27.6. The number of rotatable bonds is 12. The van der Waals surface area contributed by atoms with E-state index in [2.05, 4.69) is 76.1 Å². The number of aromatic nitrogens is 3. The molecular weight excluding hydrogens is 600 g/mol. The molecule has 10 heteroatoms. The zero-order chi connectivity index (χ0) is 31.8. The average molecular weight is 645 g/mol. The van der Waals surface area contributed by atoms with Crippen LogP contribution in [0.15, 0.2) is 72.8 Å². The molecule has 4 aromatic rings. The van der Waals surface area contributed by atoms with Crippen LogP contribution in [-0.2, 0) is 27.4 Å². The number of carbonyl (C=O) groups excluding carboxylic acids is 2. The summed E-state index contributed by atoms with van der Waals surface area (Å²) in [5.74, 6) is 1.58. The highest BCUT2D eigenvalue weighted by molar-refractivity contribution is 5.97. The van der Waals surface area contributed by atoms with Crippen LogP contribution in [0.3, 0.4) is 0 Å². The smallest absolute Gasteiger partial charge is 0.247 e. The summed E-state index contributed by atoms with van der Waals surface area (Å²) in [6, 6.07) is 23.3. The number of nitrogens with two attached hydrogens (primary N) is 1. The monoisotopic (exact) mass is 644 g/mol. The molecule has 1 aliphatic carbocycles. The van der Waals surface area contributed by atoms with E-state index >= 15 is 0 Å². The Labute approximate surface area is 277 Å². The SMILES string of the molecule is COCc1nc(-c2ccc(NC(=O)[C@H](Cc3cccc(-c4ccccc4C(C)C)c3)NC(=O)C3CCC(CN)CC3)cc2)n[nH]1.Cl. The predicted molar refractivity (Wildman–Crippen MR) is 185 cm³/mol. The van der Waals surface area contributed by atoms with Gasteiger partial charge in [0.25, 0.3) is 0 Å². The van der Waals surface area contributed by atoms with Gasteiger partial charge in [-0.25, -0.2) is 4.98 Å². The van der Waals surface area contributed by atoms with Gasteiger partial charge in [-0.05, 0) is 90.6 Å². The zero-order valence-electron chi connectivity index (χ0n) is 26.8. The molecule has 1 aromatic heterocycles. The van der Waals surface area contributed by atoms with Crippen molar-refractivity contribution in [2.45, 2.75) is 64.5 Å². The molecule has 1 aliphatic rings. The maximum atomic E-state index is 13.8. The van der Waals surface area contributed by atoms with Crippen molar-refractivity contribution in [3.8, 4) is 22.5 Å². The number of hydrogen-bond acceptors (Lipinski definition) is 6. The maximum Gasteiger partial charge on any atom is 0.247 e. The van der Waals surface area contributed by atoms with E-state index in [4.69, 9.17) is 10.5 Å². The molecule has 46 heavy (non-hydrogen) atoms. The first-order valence-corrected chi connectivity index (χ1v) is 15.8. The molecule has 9 nitrogen and oxygen atoms in total. The Morgan fingerprint density at radius 1 is 0.978 bits per heavy atom. The van der Waals surface area contributed by atoms with Gasteiger partial charge in [-0.15, -0.1) is 12.4 Å². The molecule has 0 spiro atoms. The van der Waals surface area contributed by atoms with Crippen LogP contribution in [0.1, 0.15) is 62.4 Å². The minimum Gasteiger partial charge on any atom is -0.377 e. The summed E-state index contributed by atoms with van der Waals surface area (Å²) in [6.07, 6.45) is 3.82. The summed E-state index contributed by atoms with van der Waals surface area (Å²) in [4.78, 5) is 31.7. The van der Waals surface area contributed by atoms with Gasteiger partial charge in [0.2, 0.25) is 11.8 Å². The second-order valence-corrected chi connectivity index (χ2v) is 12.3. The second-order valence-electron chi connectivity index (χ2n) is 12.3. The first kappa shape index (κ1) is 34.8. The van der Waals surface area contributed by atoms with Crippen molar-refractivity contribution in [2.75, 3.05) is 19.0 Å². The molecular formula is C36H45ClN6O3. The van der Waals surface area contributed by atoms with Crippen LogP contribution < -0.4 is 16.4 Å². The van der Waals surface area contributed by atoms with E-state index in [1.54, 1.807) is 7.11 Å². The quantitative estimate of drug-likeness (QED) is 0.144. The number of H-pyrrole nitrogens is 1. The number of anilines is 1. The van der Waals surface area contributed by atoms with Gasteiger partial charge in [0.1, 0.15) is 12.6 Å². The van der Waals surface area contributed by atoms with E-state index in [0.717, 1.165) is 42.4 Å². The van der Waals surface area contributed by atoms with Crippen molar-refractivity contribution in [2.24, 2.45) is 17.6 Å². The molecule has 2 amide bonds. The Morgan fingerprint density at radius 3 is 2.41 bits per heavy atom. The van der Waals surface area contributed by atoms with Gasteiger partial charge in [0.05, 0.1) is 0 Å². The number of hydrogen-bond donors (Lipinski definition) is 4. The van der Waals surface area contributed by atoms with Crippen molar-refractivity contribution in [1.82, 2.24) is 20.5 Å². The summed E-state index contributed by atoms with van der Waals surface area (Å²) in [7, 11) is 1.60. The van der Waals surface area contributed by atoms with Gasteiger partial charge in [-0.2, -0.15) is 5.10 Å². The molecule has 0 radical (unpaired) electrons. The van der Waals surface area contributed by atoms with E-state index in [1.807, 2.05) is 36.4 Å². The number of benzene rings is 3. The van der Waals surface area contributed by atoms with Crippen molar-refractivity contribution < 1.29 is 14.3 Å². The average Bonchev–Trinajstić information content (AvgIpc) is 3.53. The lowest BCUT2D eigenvalue weighted by molar-refractivity contribution is -0.130. The molecule has 5 N–H and O–H groups in total. The first-order chi connectivity index (χ1) is 21.8. The Bertz CT molecular complexity index is 1580. The molecule has 0 bridgehead atoms. The Balaban J connectivity index is 0.00000480. The van der Waals surface area contributed by atoms with Crippen LogP contribution in [0.2, 0.25) is 0 Å². The number of halogens is 1. The Morgan fingerprint density at radius 2 is 1.72 bits per heavy atom. The van der Waals surface area contributed by atoms with Gasteiger partial charge in [0, 0.05) is 30.7 Å². The van der Waals surface area contributed by atoms with Crippen molar-refractivity contribution in [1.29, 1.82) is 0 Å². The predicted octanol–water partition coefficient (Wildman–Crippen LogP) is 6.26. The molecule has 1 saturated carbocycles. The Kier molecular flexibility index (Phi) is 12.5. The fourth-order valence-electron chi connectivity index (χ4n) is 6.08. The van der Waals surface area contributed by atoms with E-state index in [-0.39, 0.29) is 30.1 Å². The van der Waals surface area contributed by atoms with E-state index < -0.39 is 6.04 Å². The molecule has 0 saturated heterocycles. The number of carbonyl (C=O) groups is 2. The first-order valence-electron chi connectivity index (χ1n) is 15.8. The third kappa shape index (κ3) is 8.81. The summed E-state index contributed by atoms with van der Waals surface area (Å²) >= 11 is 0. The lowest BCUT2D eigenvalue weighted by atomic mass is 9.81. The second kappa shape index (κ2) is 16.5. The van der Waals surface area contributed by atoms with Crippen molar-refractivity contribution in [3.05, 3.63) is 89.7 Å². The lowest BCUT2D eigenvalue weighted by Gasteiger charge is -2.28. The summed E-state index contributed by atoms with van der Waals surface area (Å²) in [6.45, 7) is 5.38. The highest BCUT2D eigenvalue weighted by Gasteiger charge is 2.29. The van der Waals surface area contributed by atoms with Crippen LogP contribution in [0.4, 0.5) is 5.69 Å². The standard InChI is InChI=1S/C36H44N6O3.ClH/c1-23(2)30-9-4-5-10-31(30)28-8-6-7-25(19-28)20-32(39-35(43)27-13-11-24(21-37)12-14-27)36(44)38-29-17-15-26(16-18-29)34-40-33(22-45-3)41-42-34;/h4-10,15-19,23-24,27,32H,11-14,20-22,37H2,1-3H3,(H,38,44)(H,39,43)(H,40,41,42);1H/t24?,27?,32-;/m0./s1. The van der Waals surface area contributed by atoms with E-state index in [1.165, 1.54) is 11.1 Å². The highest BCUT2D eigenvalue weighted by Crippen LogP contribution is 2.31. The molecule has 1 atom stereocenters. The maximum absolute atomic E-state index is 13.8. The summed E-state index contributed by atoms with van der Waals surface area (Å²) in [5.41, 5.74) is 11.8. The van der Waals surface area contributed by atoms with Gasteiger partial charge < -0.3 is 21.1 Å². The van der Waals surface area contributed by atoms with Crippen molar-refractivity contribution >= 4 is 29.9 Å². The van der Waals surface area contributed by atoms with Gasteiger partial charge >= 0.3 is 0 Å². The summed E-state index contributed by atoms with van der Waals surface area (Å²) in [5, 5.41) is 13.2. The van der Waals surface area contributed by atoms with Crippen LogP contribution in [0.5, 0.6) is 0 Å². The van der Waals surface area contributed by atoms with Gasteiger partial charge in [-0.1, -0.05) is 62.4 Å². The lowest BCUT2D eigenvalue weighted by Crippen LogP contribution is -2.48. The molecule has 244 valence electrons. The van der Waals surface area contributed by atoms with Crippen molar-refractivity contribution in [3.63, 3.8) is 0 Å². The third-order valence-electron chi connectivity index (χ3n) is 8.67. The Hall–Kier alpha value is -4.05. The number of amides is 2. The fourth-order valence-corrected chi connectivity index (χ4v) is 6.08. The van der Waals surface area contributed by atoms with Crippen LogP contribution in [-0.4, -0.2) is 46.7 Å². The van der Waals surface area contributed by atoms with E-state index in [9.17, 15) is 9.59 Å². The molecule has 3 aromatic carbocycles. The molecule has 0 aliphatic heterocycles. The molecule has 0 unspecified atom stereocenters. The topological polar surface area (TPSA) is 135 Å². The number of methoxy groups -OCH3 is 1. The third-order valence-corrected chi connectivity index (χ3v) is 8.67. The number of aromatic amines is 1. The number of nitrogens with one attached hydrogen (secondary N) is 3. The van der Waals surface area contributed by atoms with Gasteiger partial charge in [0.15, 0.2) is 11.6 Å². The highest BCUT2D eigenvalue weighted by atomic mass is 35.5. The van der Waals surface area contributed by atoms with Crippen LogP contribution in [0.25, 0.3) is 22.5 Å². The minimum absolute atomic E-state index is 0.